The van der Waals surface area contributed by atoms with Crippen molar-refractivity contribution >= 4 is 5.91 Å². The van der Waals surface area contributed by atoms with E-state index in [0.29, 0.717) is 12.1 Å². The Kier molecular flexibility index (Phi) is 5.28. The molecule has 1 saturated heterocycles. The monoisotopic (exact) mass is 296 g/mol. The number of hydrogen-bond donors (Lipinski definition) is 2. The Labute approximate surface area is 129 Å². The zero-order valence-electron chi connectivity index (χ0n) is 14.1. The molecule has 0 aromatic heterocycles. The number of nitrogens with one attached hydrogen (secondary N) is 1. The zero-order chi connectivity index (χ0) is 15.6. The van der Waals surface area contributed by atoms with E-state index in [2.05, 4.69) is 43.1 Å². The Morgan fingerprint density at radius 1 is 1.38 bits per heavy atom. The first-order valence-corrected chi connectivity index (χ1v) is 8.32. The average Bonchev–Trinajstić information content (AvgIpc) is 2.83. The Morgan fingerprint density at radius 3 is 2.67 bits per heavy atom. The Bertz CT molecular complexity index is 371. The highest BCUT2D eigenvalue weighted by molar-refractivity contribution is 5.85. The molecule has 0 bridgehead atoms. The Morgan fingerprint density at radius 2 is 2.10 bits per heavy atom. The van der Waals surface area contributed by atoms with E-state index in [1.54, 1.807) is 0 Å². The summed E-state index contributed by atoms with van der Waals surface area (Å²) < 4.78 is 0. The van der Waals surface area contributed by atoms with Gasteiger partial charge in [0.1, 0.15) is 0 Å². The molecule has 1 amide bonds. The van der Waals surface area contributed by atoms with Gasteiger partial charge in [0.05, 0.1) is 5.54 Å². The first-order valence-electron chi connectivity index (χ1n) is 8.32. The molecule has 1 aliphatic heterocycles. The molecule has 5 heteroatoms. The second-order valence-electron chi connectivity index (χ2n) is 7.40. The molecule has 5 nitrogen and oxygen atoms in total. The van der Waals surface area contributed by atoms with Gasteiger partial charge < -0.3 is 16.0 Å². The predicted molar refractivity (Wildman–Crippen MR) is 86.1 cm³/mol. The van der Waals surface area contributed by atoms with Gasteiger partial charge in [0.15, 0.2) is 0 Å². The van der Waals surface area contributed by atoms with Crippen LogP contribution in [0, 0.1) is 0 Å². The summed E-state index contributed by atoms with van der Waals surface area (Å²) in [5, 5.41) is 3.45. The largest absolute Gasteiger partial charge is 0.368 e. The molecule has 3 unspecified atom stereocenters. The van der Waals surface area contributed by atoms with Crippen molar-refractivity contribution in [2.45, 2.75) is 69.6 Å². The lowest BCUT2D eigenvalue weighted by molar-refractivity contribution is -0.124. The number of hydrogen-bond acceptors (Lipinski definition) is 4. The summed E-state index contributed by atoms with van der Waals surface area (Å²) in [6, 6.07) is 1.42. The van der Waals surface area contributed by atoms with Gasteiger partial charge in [-0.3, -0.25) is 9.69 Å². The standard InChI is InChI=1S/C16H32N4O/c1-12(2)18-16(15(17)21)8-7-13(10-16)20-9-5-6-14(11-20)19(3)4/h12-14,18H,5-11H2,1-4H3,(H2,17,21). The maximum absolute atomic E-state index is 12.0. The minimum absolute atomic E-state index is 0.181. The SMILES string of the molecule is CC(C)NC1(C(N)=O)CCC(N2CCCC(N(C)C)C2)C1. The summed E-state index contributed by atoms with van der Waals surface area (Å²) in [4.78, 5) is 16.9. The summed E-state index contributed by atoms with van der Waals surface area (Å²) >= 11 is 0. The van der Waals surface area contributed by atoms with E-state index in [-0.39, 0.29) is 11.9 Å². The highest BCUT2D eigenvalue weighted by atomic mass is 16.1. The molecular weight excluding hydrogens is 264 g/mol. The molecule has 0 aromatic carbocycles. The van der Waals surface area contributed by atoms with Crippen LogP contribution >= 0.6 is 0 Å². The van der Waals surface area contributed by atoms with Crippen molar-refractivity contribution in [3.05, 3.63) is 0 Å². The fraction of sp³-hybridized carbons (Fsp3) is 0.938. The molecular formula is C16H32N4O. The van der Waals surface area contributed by atoms with Crippen molar-refractivity contribution in [1.82, 2.24) is 15.1 Å². The van der Waals surface area contributed by atoms with Crippen LogP contribution in [0.1, 0.15) is 46.0 Å². The third-order valence-corrected chi connectivity index (χ3v) is 5.20. The predicted octanol–water partition coefficient (Wildman–Crippen LogP) is 0.787. The van der Waals surface area contributed by atoms with Gasteiger partial charge in [-0.15, -0.1) is 0 Å². The normalized spacial score (nSPS) is 34.8. The number of rotatable bonds is 5. The number of carbonyl (C=O) groups is 1. The molecule has 21 heavy (non-hydrogen) atoms. The zero-order valence-corrected chi connectivity index (χ0v) is 14.1. The van der Waals surface area contributed by atoms with E-state index < -0.39 is 5.54 Å². The third-order valence-electron chi connectivity index (χ3n) is 5.20. The lowest BCUT2D eigenvalue weighted by Gasteiger charge is -2.40. The number of piperidine rings is 1. The first-order chi connectivity index (χ1) is 9.84. The summed E-state index contributed by atoms with van der Waals surface area (Å²) in [5.74, 6) is -0.181. The maximum Gasteiger partial charge on any atom is 0.237 e. The van der Waals surface area contributed by atoms with Gasteiger partial charge in [-0.05, 0) is 66.6 Å². The van der Waals surface area contributed by atoms with Crippen molar-refractivity contribution in [1.29, 1.82) is 0 Å². The number of carbonyl (C=O) groups excluding carboxylic acids is 1. The highest BCUT2D eigenvalue weighted by Crippen LogP contribution is 2.35. The van der Waals surface area contributed by atoms with Crippen LogP contribution in [0.2, 0.25) is 0 Å². The maximum atomic E-state index is 12.0. The number of nitrogens with zero attached hydrogens (tertiary/aromatic N) is 2. The van der Waals surface area contributed by atoms with Gasteiger partial charge in [-0.1, -0.05) is 0 Å². The lowest BCUT2D eigenvalue weighted by atomic mass is 9.94. The van der Waals surface area contributed by atoms with E-state index in [1.807, 2.05) is 0 Å². The van der Waals surface area contributed by atoms with Gasteiger partial charge in [-0.25, -0.2) is 0 Å². The highest BCUT2D eigenvalue weighted by Gasteiger charge is 2.46. The molecule has 0 aromatic rings. The number of likely N-dealkylation sites (tertiary alicyclic amines) is 1. The van der Waals surface area contributed by atoms with Gasteiger partial charge in [0.2, 0.25) is 5.91 Å². The molecule has 2 fully saturated rings. The van der Waals surface area contributed by atoms with Crippen LogP contribution in [0.5, 0.6) is 0 Å². The van der Waals surface area contributed by atoms with Crippen molar-refractivity contribution in [2.75, 3.05) is 27.2 Å². The smallest absolute Gasteiger partial charge is 0.237 e. The van der Waals surface area contributed by atoms with Crippen molar-refractivity contribution in [3.8, 4) is 0 Å². The van der Waals surface area contributed by atoms with Crippen LogP contribution in [0.25, 0.3) is 0 Å². The van der Waals surface area contributed by atoms with E-state index in [0.717, 1.165) is 32.4 Å². The minimum atomic E-state index is -0.496. The quantitative estimate of drug-likeness (QED) is 0.787. The molecule has 2 aliphatic rings. The van der Waals surface area contributed by atoms with Gasteiger partial charge >= 0.3 is 0 Å². The molecule has 0 spiro atoms. The molecule has 1 saturated carbocycles. The van der Waals surface area contributed by atoms with Crippen molar-refractivity contribution in [3.63, 3.8) is 0 Å². The van der Waals surface area contributed by atoms with Crippen LogP contribution in [0.4, 0.5) is 0 Å². The van der Waals surface area contributed by atoms with Crippen molar-refractivity contribution < 1.29 is 4.79 Å². The Hall–Kier alpha value is -0.650. The Balaban J connectivity index is 2.01. The van der Waals surface area contributed by atoms with Gasteiger partial charge in [0, 0.05) is 24.7 Å². The topological polar surface area (TPSA) is 61.6 Å². The second kappa shape index (κ2) is 6.63. The van der Waals surface area contributed by atoms with Crippen LogP contribution in [0.15, 0.2) is 0 Å². The molecule has 0 radical (unpaired) electrons. The van der Waals surface area contributed by atoms with E-state index in [4.69, 9.17) is 5.73 Å². The van der Waals surface area contributed by atoms with Gasteiger partial charge in [0.25, 0.3) is 0 Å². The molecule has 2 rings (SSSR count). The summed E-state index contributed by atoms with van der Waals surface area (Å²) in [6.45, 7) is 6.45. The van der Waals surface area contributed by atoms with Gasteiger partial charge in [-0.2, -0.15) is 0 Å². The molecule has 3 N–H and O–H groups in total. The summed E-state index contributed by atoms with van der Waals surface area (Å²) in [7, 11) is 4.33. The average molecular weight is 296 g/mol. The van der Waals surface area contributed by atoms with Crippen LogP contribution in [-0.2, 0) is 4.79 Å². The second-order valence-corrected chi connectivity index (χ2v) is 7.40. The number of amides is 1. The fourth-order valence-electron chi connectivity index (χ4n) is 4.05. The van der Waals surface area contributed by atoms with Crippen molar-refractivity contribution in [2.24, 2.45) is 5.73 Å². The van der Waals surface area contributed by atoms with Crippen LogP contribution in [0.3, 0.4) is 0 Å². The van der Waals surface area contributed by atoms with Crippen LogP contribution < -0.4 is 11.1 Å². The number of nitrogens with two attached hydrogens (primary N) is 1. The minimum Gasteiger partial charge on any atom is -0.368 e. The molecule has 1 aliphatic carbocycles. The molecule has 122 valence electrons. The number of primary amides is 1. The number of likely N-dealkylation sites (N-methyl/N-ethyl adjacent to an activating group) is 1. The lowest BCUT2D eigenvalue weighted by Crippen LogP contribution is -2.57. The molecule has 1 heterocycles. The molecule has 3 atom stereocenters. The third kappa shape index (κ3) is 3.76. The fourth-order valence-corrected chi connectivity index (χ4v) is 4.05. The summed E-state index contributed by atoms with van der Waals surface area (Å²) in [5.41, 5.74) is 5.22. The van der Waals surface area contributed by atoms with Crippen LogP contribution in [-0.4, -0.2) is 66.6 Å². The first kappa shape index (κ1) is 16.7. The van der Waals surface area contributed by atoms with E-state index >= 15 is 0 Å². The summed E-state index contributed by atoms with van der Waals surface area (Å²) in [6.07, 6.45) is 5.33. The van der Waals surface area contributed by atoms with E-state index in [1.165, 1.54) is 12.8 Å². The van der Waals surface area contributed by atoms with E-state index in [9.17, 15) is 4.79 Å².